The van der Waals surface area contributed by atoms with Crippen LogP contribution in [0.1, 0.15) is 13.8 Å². The summed E-state index contributed by atoms with van der Waals surface area (Å²) in [6.07, 6.45) is 0.312. The second kappa shape index (κ2) is 7.53. The normalized spacial score (nSPS) is 16.0. The SMILES string of the molecule is CNCC(C)CNCC(C)OC. The van der Waals surface area contributed by atoms with Crippen molar-refractivity contribution in [2.45, 2.75) is 20.0 Å². The monoisotopic (exact) mass is 174 g/mol. The average Bonchev–Trinajstić information content (AvgIpc) is 2.04. The van der Waals surface area contributed by atoms with Gasteiger partial charge in [-0.1, -0.05) is 6.92 Å². The molecule has 0 spiro atoms. The van der Waals surface area contributed by atoms with Crippen LogP contribution >= 0.6 is 0 Å². The standard InChI is InChI=1S/C9H22N2O/c1-8(5-10-3)6-11-7-9(2)12-4/h8-11H,5-7H2,1-4H3. The van der Waals surface area contributed by atoms with E-state index in [0.717, 1.165) is 19.6 Å². The van der Waals surface area contributed by atoms with Crippen molar-refractivity contribution in [2.24, 2.45) is 5.92 Å². The Morgan fingerprint density at radius 2 is 1.83 bits per heavy atom. The topological polar surface area (TPSA) is 33.3 Å². The fourth-order valence-electron chi connectivity index (χ4n) is 1.04. The highest BCUT2D eigenvalue weighted by atomic mass is 16.5. The van der Waals surface area contributed by atoms with Gasteiger partial charge in [0, 0.05) is 13.7 Å². The van der Waals surface area contributed by atoms with E-state index in [9.17, 15) is 0 Å². The third kappa shape index (κ3) is 6.58. The maximum atomic E-state index is 5.11. The lowest BCUT2D eigenvalue weighted by Gasteiger charge is -2.14. The summed E-state index contributed by atoms with van der Waals surface area (Å²) in [4.78, 5) is 0. The van der Waals surface area contributed by atoms with E-state index in [1.165, 1.54) is 0 Å². The van der Waals surface area contributed by atoms with Crippen LogP contribution in [0.15, 0.2) is 0 Å². The van der Waals surface area contributed by atoms with Crippen molar-refractivity contribution in [1.82, 2.24) is 10.6 Å². The van der Waals surface area contributed by atoms with Crippen LogP contribution in [0.4, 0.5) is 0 Å². The van der Waals surface area contributed by atoms with E-state index in [0.29, 0.717) is 12.0 Å². The molecule has 0 heterocycles. The number of nitrogens with one attached hydrogen (secondary N) is 2. The van der Waals surface area contributed by atoms with E-state index >= 15 is 0 Å². The largest absolute Gasteiger partial charge is 0.380 e. The Morgan fingerprint density at radius 3 is 2.33 bits per heavy atom. The third-order valence-electron chi connectivity index (χ3n) is 1.88. The Bertz CT molecular complexity index is 98.5. The van der Waals surface area contributed by atoms with Gasteiger partial charge in [-0.25, -0.2) is 0 Å². The van der Waals surface area contributed by atoms with Crippen LogP contribution in [0.5, 0.6) is 0 Å². The van der Waals surface area contributed by atoms with Crippen LogP contribution in [-0.2, 0) is 4.74 Å². The van der Waals surface area contributed by atoms with Crippen molar-refractivity contribution in [3.05, 3.63) is 0 Å². The van der Waals surface area contributed by atoms with E-state index in [-0.39, 0.29) is 0 Å². The maximum Gasteiger partial charge on any atom is 0.0667 e. The average molecular weight is 174 g/mol. The van der Waals surface area contributed by atoms with Crippen molar-refractivity contribution in [3.8, 4) is 0 Å². The summed E-state index contributed by atoms with van der Waals surface area (Å²) in [5, 5.41) is 6.50. The quantitative estimate of drug-likeness (QED) is 0.588. The number of hydrogen-bond acceptors (Lipinski definition) is 3. The molecule has 0 fully saturated rings. The number of ether oxygens (including phenoxy) is 1. The van der Waals surface area contributed by atoms with Gasteiger partial charge in [-0.3, -0.25) is 0 Å². The van der Waals surface area contributed by atoms with Crippen LogP contribution < -0.4 is 10.6 Å². The Labute approximate surface area is 75.9 Å². The van der Waals surface area contributed by atoms with Gasteiger partial charge in [-0.2, -0.15) is 0 Å². The van der Waals surface area contributed by atoms with E-state index in [4.69, 9.17) is 4.74 Å². The molecule has 0 aromatic carbocycles. The first kappa shape index (κ1) is 11.9. The van der Waals surface area contributed by atoms with Gasteiger partial charge in [0.05, 0.1) is 6.10 Å². The molecule has 12 heavy (non-hydrogen) atoms. The molecule has 0 radical (unpaired) electrons. The zero-order chi connectivity index (χ0) is 9.40. The molecule has 0 aromatic rings. The summed E-state index contributed by atoms with van der Waals surface area (Å²) in [5.41, 5.74) is 0. The summed E-state index contributed by atoms with van der Waals surface area (Å²) < 4.78 is 5.11. The van der Waals surface area contributed by atoms with Crippen LogP contribution in [-0.4, -0.2) is 39.9 Å². The Morgan fingerprint density at radius 1 is 1.17 bits per heavy atom. The smallest absolute Gasteiger partial charge is 0.0667 e. The molecule has 0 bridgehead atoms. The molecule has 0 rings (SSSR count). The van der Waals surface area contributed by atoms with E-state index in [1.807, 2.05) is 7.05 Å². The van der Waals surface area contributed by atoms with Gasteiger partial charge in [0.25, 0.3) is 0 Å². The maximum absolute atomic E-state index is 5.11. The van der Waals surface area contributed by atoms with Gasteiger partial charge in [0.2, 0.25) is 0 Å². The molecule has 3 nitrogen and oxygen atoms in total. The highest BCUT2D eigenvalue weighted by Gasteiger charge is 2.01. The molecule has 0 amide bonds. The predicted molar refractivity (Wildman–Crippen MR) is 52.4 cm³/mol. The lowest BCUT2D eigenvalue weighted by Crippen LogP contribution is -2.32. The Hall–Kier alpha value is -0.120. The second-order valence-electron chi connectivity index (χ2n) is 3.37. The van der Waals surface area contributed by atoms with Crippen molar-refractivity contribution >= 4 is 0 Å². The Balaban J connectivity index is 3.18. The number of hydrogen-bond donors (Lipinski definition) is 2. The van der Waals surface area contributed by atoms with Crippen LogP contribution in [0.2, 0.25) is 0 Å². The molecule has 2 N–H and O–H groups in total. The molecule has 2 atom stereocenters. The van der Waals surface area contributed by atoms with Gasteiger partial charge in [0.15, 0.2) is 0 Å². The minimum absolute atomic E-state index is 0.312. The molecular formula is C9H22N2O. The van der Waals surface area contributed by atoms with Crippen LogP contribution in [0.3, 0.4) is 0 Å². The summed E-state index contributed by atoms with van der Waals surface area (Å²) in [6, 6.07) is 0. The van der Waals surface area contributed by atoms with E-state index < -0.39 is 0 Å². The van der Waals surface area contributed by atoms with Gasteiger partial charge < -0.3 is 15.4 Å². The zero-order valence-corrected chi connectivity index (χ0v) is 8.68. The van der Waals surface area contributed by atoms with Crippen molar-refractivity contribution in [3.63, 3.8) is 0 Å². The van der Waals surface area contributed by atoms with Crippen molar-refractivity contribution in [1.29, 1.82) is 0 Å². The molecule has 0 aliphatic heterocycles. The van der Waals surface area contributed by atoms with Crippen LogP contribution in [0.25, 0.3) is 0 Å². The summed E-state index contributed by atoms with van der Waals surface area (Å²) in [6.45, 7) is 7.34. The lowest BCUT2D eigenvalue weighted by atomic mass is 10.2. The second-order valence-corrected chi connectivity index (χ2v) is 3.37. The Kier molecular flexibility index (Phi) is 7.45. The molecule has 3 heteroatoms. The fourth-order valence-corrected chi connectivity index (χ4v) is 1.04. The predicted octanol–water partition coefficient (Wildman–Crippen LogP) is 0.466. The van der Waals surface area contributed by atoms with Crippen LogP contribution in [0, 0.1) is 5.92 Å². The lowest BCUT2D eigenvalue weighted by molar-refractivity contribution is 0.116. The van der Waals surface area contributed by atoms with E-state index in [1.54, 1.807) is 7.11 Å². The first-order valence-electron chi connectivity index (χ1n) is 4.58. The molecular weight excluding hydrogens is 152 g/mol. The molecule has 0 saturated carbocycles. The molecule has 0 aromatic heterocycles. The van der Waals surface area contributed by atoms with E-state index in [2.05, 4.69) is 24.5 Å². The zero-order valence-electron chi connectivity index (χ0n) is 8.68. The first-order valence-corrected chi connectivity index (χ1v) is 4.58. The number of rotatable bonds is 7. The minimum Gasteiger partial charge on any atom is -0.380 e. The highest BCUT2D eigenvalue weighted by Crippen LogP contribution is 1.90. The molecule has 0 aliphatic carbocycles. The first-order chi connectivity index (χ1) is 5.70. The number of methoxy groups -OCH3 is 1. The van der Waals surface area contributed by atoms with Crippen molar-refractivity contribution in [2.75, 3.05) is 33.8 Å². The molecule has 0 saturated heterocycles. The summed E-state index contributed by atoms with van der Waals surface area (Å²) >= 11 is 0. The fraction of sp³-hybridized carbons (Fsp3) is 1.00. The molecule has 2 unspecified atom stereocenters. The molecule has 74 valence electrons. The highest BCUT2D eigenvalue weighted by molar-refractivity contribution is 4.60. The summed E-state index contributed by atoms with van der Waals surface area (Å²) in [7, 11) is 3.72. The van der Waals surface area contributed by atoms with Gasteiger partial charge in [-0.05, 0) is 33.0 Å². The van der Waals surface area contributed by atoms with Crippen molar-refractivity contribution < 1.29 is 4.74 Å². The van der Waals surface area contributed by atoms with Gasteiger partial charge in [0.1, 0.15) is 0 Å². The minimum atomic E-state index is 0.312. The van der Waals surface area contributed by atoms with Gasteiger partial charge >= 0.3 is 0 Å². The molecule has 0 aliphatic rings. The summed E-state index contributed by atoms with van der Waals surface area (Å²) in [5.74, 6) is 0.680. The third-order valence-corrected chi connectivity index (χ3v) is 1.88. The van der Waals surface area contributed by atoms with Gasteiger partial charge in [-0.15, -0.1) is 0 Å².